The largest absolute Gasteiger partial charge is 0.460 e. The molecule has 0 unspecified atom stereocenters. The maximum absolute atomic E-state index is 12.3. The molecule has 3 rings (SSSR count). The fourth-order valence-electron chi connectivity index (χ4n) is 3.44. The second-order valence-electron chi connectivity index (χ2n) is 7.48. The lowest BCUT2D eigenvalue weighted by atomic mass is 9.93. The molecule has 28 heavy (non-hydrogen) atoms. The molecular formula is C20H27N5O3. The van der Waals surface area contributed by atoms with E-state index in [-0.39, 0.29) is 30.2 Å². The molecule has 1 aliphatic rings. The number of nitrogens with one attached hydrogen (secondary N) is 1. The standard InChI is InChI=1S/C20H27N5O3/c1-12-9-13(2)23-20(22-12)28-17-7-5-16(6-8-17)24-18(26)10-25-11-21-15(4)14(3)19(25)27/h9,11,16-17H,5-8,10H2,1-4H3,(H,24,26). The third kappa shape index (κ3) is 4.94. The summed E-state index contributed by atoms with van der Waals surface area (Å²) < 4.78 is 7.27. The molecule has 0 bridgehead atoms. The zero-order chi connectivity index (χ0) is 20.3. The van der Waals surface area contributed by atoms with Crippen LogP contribution >= 0.6 is 0 Å². The van der Waals surface area contributed by atoms with Crippen LogP contribution in [0.3, 0.4) is 0 Å². The van der Waals surface area contributed by atoms with Crippen molar-refractivity contribution in [3.05, 3.63) is 45.4 Å². The first-order chi connectivity index (χ1) is 13.3. The van der Waals surface area contributed by atoms with Gasteiger partial charge in [-0.2, -0.15) is 0 Å². The second kappa shape index (κ2) is 8.50. The van der Waals surface area contributed by atoms with Gasteiger partial charge in [0, 0.05) is 28.7 Å². The third-order valence-corrected chi connectivity index (χ3v) is 5.10. The zero-order valence-corrected chi connectivity index (χ0v) is 16.9. The Morgan fingerprint density at radius 3 is 2.43 bits per heavy atom. The van der Waals surface area contributed by atoms with Gasteiger partial charge >= 0.3 is 6.01 Å². The topological polar surface area (TPSA) is 99.0 Å². The molecule has 0 atom stereocenters. The smallest absolute Gasteiger partial charge is 0.317 e. The Bertz CT molecular complexity index is 896. The first kappa shape index (κ1) is 20.0. The van der Waals surface area contributed by atoms with Gasteiger partial charge in [0.15, 0.2) is 0 Å². The Balaban J connectivity index is 1.49. The van der Waals surface area contributed by atoms with E-state index in [4.69, 9.17) is 4.74 Å². The van der Waals surface area contributed by atoms with Gasteiger partial charge < -0.3 is 10.1 Å². The van der Waals surface area contributed by atoms with E-state index in [0.29, 0.717) is 17.3 Å². The fourth-order valence-corrected chi connectivity index (χ4v) is 3.44. The van der Waals surface area contributed by atoms with Crippen LogP contribution in [0.4, 0.5) is 0 Å². The molecule has 0 aromatic carbocycles. The highest BCUT2D eigenvalue weighted by molar-refractivity contribution is 5.76. The highest BCUT2D eigenvalue weighted by Gasteiger charge is 2.24. The van der Waals surface area contributed by atoms with Crippen LogP contribution in [0.25, 0.3) is 0 Å². The quantitative estimate of drug-likeness (QED) is 0.842. The maximum atomic E-state index is 12.3. The van der Waals surface area contributed by atoms with E-state index in [9.17, 15) is 9.59 Å². The van der Waals surface area contributed by atoms with Crippen LogP contribution in [0.2, 0.25) is 0 Å². The van der Waals surface area contributed by atoms with Gasteiger partial charge in [0.25, 0.3) is 5.56 Å². The lowest BCUT2D eigenvalue weighted by Crippen LogP contribution is -2.42. The number of aryl methyl sites for hydroxylation is 3. The predicted molar refractivity (Wildman–Crippen MR) is 104 cm³/mol. The second-order valence-corrected chi connectivity index (χ2v) is 7.48. The van der Waals surface area contributed by atoms with Crippen molar-refractivity contribution in [2.45, 2.75) is 72.1 Å². The molecule has 2 heterocycles. The fraction of sp³-hybridized carbons (Fsp3) is 0.550. The van der Waals surface area contributed by atoms with Gasteiger partial charge in [-0.25, -0.2) is 15.0 Å². The van der Waals surface area contributed by atoms with E-state index >= 15 is 0 Å². The number of ether oxygens (including phenoxy) is 1. The molecule has 8 heteroatoms. The molecule has 1 N–H and O–H groups in total. The average molecular weight is 385 g/mol. The van der Waals surface area contributed by atoms with E-state index in [1.807, 2.05) is 19.9 Å². The van der Waals surface area contributed by atoms with Crippen molar-refractivity contribution >= 4 is 5.91 Å². The summed E-state index contributed by atoms with van der Waals surface area (Å²) in [5, 5.41) is 3.02. The van der Waals surface area contributed by atoms with Crippen molar-refractivity contribution in [3.63, 3.8) is 0 Å². The van der Waals surface area contributed by atoms with Gasteiger partial charge in [-0.05, 0) is 59.4 Å². The van der Waals surface area contributed by atoms with Crippen molar-refractivity contribution in [2.75, 3.05) is 0 Å². The van der Waals surface area contributed by atoms with Gasteiger partial charge in [-0.15, -0.1) is 0 Å². The third-order valence-electron chi connectivity index (χ3n) is 5.10. The average Bonchev–Trinajstić information content (AvgIpc) is 2.63. The van der Waals surface area contributed by atoms with E-state index in [0.717, 1.165) is 37.1 Å². The summed E-state index contributed by atoms with van der Waals surface area (Å²) in [5.41, 5.74) is 2.86. The number of carbonyl (C=O) groups is 1. The molecule has 1 amide bonds. The summed E-state index contributed by atoms with van der Waals surface area (Å²) >= 11 is 0. The van der Waals surface area contributed by atoms with Crippen LogP contribution < -0.4 is 15.6 Å². The SMILES string of the molecule is Cc1cc(C)nc(OC2CCC(NC(=O)Cn3cnc(C)c(C)c3=O)CC2)n1. The molecule has 0 spiro atoms. The summed E-state index contributed by atoms with van der Waals surface area (Å²) in [6.07, 6.45) is 4.78. The Kier molecular flexibility index (Phi) is 6.06. The number of hydrogen-bond donors (Lipinski definition) is 1. The van der Waals surface area contributed by atoms with E-state index < -0.39 is 0 Å². The molecule has 1 saturated carbocycles. The van der Waals surface area contributed by atoms with E-state index in [2.05, 4.69) is 20.3 Å². The zero-order valence-electron chi connectivity index (χ0n) is 16.9. The van der Waals surface area contributed by atoms with Crippen molar-refractivity contribution in [2.24, 2.45) is 0 Å². The van der Waals surface area contributed by atoms with Crippen LogP contribution in [0.1, 0.15) is 48.3 Å². The minimum Gasteiger partial charge on any atom is -0.460 e. The Hall–Kier alpha value is -2.77. The maximum Gasteiger partial charge on any atom is 0.317 e. The van der Waals surface area contributed by atoms with Crippen LogP contribution in [0.5, 0.6) is 6.01 Å². The molecule has 2 aromatic rings. The lowest BCUT2D eigenvalue weighted by Gasteiger charge is -2.29. The summed E-state index contributed by atoms with van der Waals surface area (Å²) in [6.45, 7) is 7.33. The highest BCUT2D eigenvalue weighted by atomic mass is 16.5. The molecule has 0 saturated heterocycles. The van der Waals surface area contributed by atoms with Gasteiger partial charge in [0.05, 0.1) is 6.33 Å². The van der Waals surface area contributed by atoms with Crippen LogP contribution in [0, 0.1) is 27.7 Å². The minimum absolute atomic E-state index is 0.0141. The summed E-state index contributed by atoms with van der Waals surface area (Å²) in [7, 11) is 0. The molecule has 1 fully saturated rings. The lowest BCUT2D eigenvalue weighted by molar-refractivity contribution is -0.122. The van der Waals surface area contributed by atoms with E-state index in [1.165, 1.54) is 10.9 Å². The van der Waals surface area contributed by atoms with Crippen LogP contribution in [-0.4, -0.2) is 37.6 Å². The van der Waals surface area contributed by atoms with Crippen LogP contribution in [0.15, 0.2) is 17.2 Å². The normalized spacial score (nSPS) is 19.3. The Labute approximate surface area is 164 Å². The summed E-state index contributed by atoms with van der Waals surface area (Å²) in [6, 6.07) is 2.42. The van der Waals surface area contributed by atoms with Gasteiger partial charge in [0.2, 0.25) is 5.91 Å². The Morgan fingerprint density at radius 1 is 1.14 bits per heavy atom. The molecule has 1 aliphatic carbocycles. The summed E-state index contributed by atoms with van der Waals surface area (Å²) in [5.74, 6) is -0.172. The molecule has 8 nitrogen and oxygen atoms in total. The molecule has 2 aromatic heterocycles. The number of nitrogens with zero attached hydrogens (tertiary/aromatic N) is 4. The van der Waals surface area contributed by atoms with Crippen molar-refractivity contribution in [1.82, 2.24) is 24.8 Å². The molecule has 0 radical (unpaired) electrons. The number of hydrogen-bond acceptors (Lipinski definition) is 6. The van der Waals surface area contributed by atoms with Gasteiger partial charge in [-0.1, -0.05) is 0 Å². The van der Waals surface area contributed by atoms with E-state index in [1.54, 1.807) is 13.8 Å². The monoisotopic (exact) mass is 385 g/mol. The number of amides is 1. The Morgan fingerprint density at radius 2 is 1.79 bits per heavy atom. The van der Waals surface area contributed by atoms with Gasteiger partial charge in [0.1, 0.15) is 12.6 Å². The van der Waals surface area contributed by atoms with Crippen molar-refractivity contribution in [3.8, 4) is 6.01 Å². The minimum atomic E-state index is -0.173. The summed E-state index contributed by atoms with van der Waals surface area (Å²) in [4.78, 5) is 37.3. The van der Waals surface area contributed by atoms with Crippen molar-refractivity contribution in [1.29, 1.82) is 0 Å². The highest BCUT2D eigenvalue weighted by Crippen LogP contribution is 2.22. The number of carbonyl (C=O) groups excluding carboxylic acids is 1. The molecule has 150 valence electrons. The van der Waals surface area contributed by atoms with Gasteiger partial charge in [-0.3, -0.25) is 14.2 Å². The number of rotatable bonds is 5. The van der Waals surface area contributed by atoms with Crippen LogP contribution in [-0.2, 0) is 11.3 Å². The first-order valence-electron chi connectivity index (χ1n) is 9.62. The molecular weight excluding hydrogens is 358 g/mol. The van der Waals surface area contributed by atoms with Crippen molar-refractivity contribution < 1.29 is 9.53 Å². The number of aromatic nitrogens is 4. The molecule has 0 aliphatic heterocycles. The first-order valence-corrected chi connectivity index (χ1v) is 9.62. The predicted octanol–water partition coefficient (Wildman–Crippen LogP) is 1.77.